The Morgan fingerprint density at radius 2 is 1.89 bits per heavy atom. The van der Waals surface area contributed by atoms with Crippen LogP contribution in [0.3, 0.4) is 0 Å². The zero-order chi connectivity index (χ0) is 14.0. The second kappa shape index (κ2) is 4.83. The summed E-state index contributed by atoms with van der Waals surface area (Å²) in [4.78, 5) is 3.95. The first-order chi connectivity index (χ1) is 8.91. The van der Waals surface area contributed by atoms with Gasteiger partial charge in [0.05, 0.1) is 11.8 Å². The molecule has 0 aliphatic carbocycles. The van der Waals surface area contributed by atoms with Gasteiger partial charge in [0.25, 0.3) is 0 Å². The Labute approximate surface area is 107 Å². The number of anilines is 1. The molecule has 0 saturated heterocycles. The molecule has 1 aromatic heterocycles. The van der Waals surface area contributed by atoms with Gasteiger partial charge in [-0.1, -0.05) is 0 Å². The van der Waals surface area contributed by atoms with Gasteiger partial charge >= 0.3 is 12.2 Å². The number of nitrogen functional groups attached to an aromatic ring is 1. The van der Waals surface area contributed by atoms with Gasteiger partial charge in [-0.25, -0.2) is 4.98 Å². The van der Waals surface area contributed by atoms with E-state index in [1.54, 1.807) is 4.57 Å². The zero-order valence-corrected chi connectivity index (χ0v) is 10.1. The van der Waals surface area contributed by atoms with Crippen LogP contribution in [0.1, 0.15) is 12.5 Å². The number of nitrogens with zero attached hydrogens (tertiary/aromatic N) is 2. The van der Waals surface area contributed by atoms with E-state index >= 15 is 0 Å². The van der Waals surface area contributed by atoms with Crippen LogP contribution < -0.4 is 10.5 Å². The van der Waals surface area contributed by atoms with E-state index in [1.165, 1.54) is 18.3 Å². The first kappa shape index (κ1) is 13.3. The summed E-state index contributed by atoms with van der Waals surface area (Å²) in [5, 5.41) is 0. The van der Waals surface area contributed by atoms with E-state index in [-0.39, 0.29) is 11.8 Å². The first-order valence-corrected chi connectivity index (χ1v) is 5.58. The number of halogens is 3. The molecule has 7 heteroatoms. The number of ether oxygens (including phenoxy) is 1. The van der Waals surface area contributed by atoms with Crippen molar-refractivity contribution in [1.29, 1.82) is 0 Å². The van der Waals surface area contributed by atoms with Crippen molar-refractivity contribution in [2.75, 3.05) is 5.73 Å². The Balaban J connectivity index is 2.20. The Bertz CT molecular complexity index is 561. The largest absolute Gasteiger partial charge is 0.425 e. The van der Waals surface area contributed by atoms with E-state index in [4.69, 9.17) is 10.5 Å². The highest BCUT2D eigenvalue weighted by molar-refractivity contribution is 5.34. The molecule has 19 heavy (non-hydrogen) atoms. The van der Waals surface area contributed by atoms with Gasteiger partial charge in [0.2, 0.25) is 0 Å². The molecule has 0 saturated carbocycles. The fourth-order valence-electron chi connectivity index (χ4n) is 1.59. The highest BCUT2D eigenvalue weighted by Gasteiger charge is 2.30. The second-order valence-electron chi connectivity index (χ2n) is 3.83. The molecule has 0 spiro atoms. The smallest absolute Gasteiger partial charge is 0.416 e. The fraction of sp³-hybridized carbons (Fsp3) is 0.250. The van der Waals surface area contributed by atoms with Crippen LogP contribution in [0.15, 0.2) is 30.5 Å². The molecule has 102 valence electrons. The van der Waals surface area contributed by atoms with Crippen molar-refractivity contribution in [2.45, 2.75) is 19.6 Å². The standard InChI is InChI=1S/C12H12F3N3O/c1-2-18-10(16)7-17-11(18)19-9-5-3-8(4-6-9)12(13,14)15/h3-7H,2,16H2,1H3. The summed E-state index contributed by atoms with van der Waals surface area (Å²) in [5.41, 5.74) is 4.93. The van der Waals surface area contributed by atoms with Crippen LogP contribution in [0, 0.1) is 0 Å². The number of benzene rings is 1. The van der Waals surface area contributed by atoms with E-state index < -0.39 is 11.7 Å². The minimum Gasteiger partial charge on any atom is -0.425 e. The van der Waals surface area contributed by atoms with Crippen LogP contribution in [0.2, 0.25) is 0 Å². The van der Waals surface area contributed by atoms with Crippen molar-refractivity contribution in [3.05, 3.63) is 36.0 Å². The van der Waals surface area contributed by atoms with Crippen molar-refractivity contribution >= 4 is 5.82 Å². The summed E-state index contributed by atoms with van der Waals surface area (Å²) < 4.78 is 44.2. The van der Waals surface area contributed by atoms with Crippen LogP contribution in [0.4, 0.5) is 19.0 Å². The SMILES string of the molecule is CCn1c(N)cnc1Oc1ccc(C(F)(F)F)cc1. The lowest BCUT2D eigenvalue weighted by Gasteiger charge is -2.09. The van der Waals surface area contributed by atoms with E-state index in [0.717, 1.165) is 12.1 Å². The molecule has 0 aliphatic rings. The minimum atomic E-state index is -4.36. The molecule has 1 heterocycles. The summed E-state index contributed by atoms with van der Waals surface area (Å²) in [7, 11) is 0. The number of hydrogen-bond acceptors (Lipinski definition) is 3. The topological polar surface area (TPSA) is 53.1 Å². The highest BCUT2D eigenvalue weighted by Crippen LogP contribution is 2.31. The molecule has 2 rings (SSSR count). The van der Waals surface area contributed by atoms with Crippen LogP contribution in [0.5, 0.6) is 11.8 Å². The van der Waals surface area contributed by atoms with Gasteiger partial charge in [0.15, 0.2) is 0 Å². The van der Waals surface area contributed by atoms with E-state index in [0.29, 0.717) is 12.4 Å². The second-order valence-corrected chi connectivity index (χ2v) is 3.83. The molecule has 0 amide bonds. The summed E-state index contributed by atoms with van der Waals surface area (Å²) in [6, 6.07) is 4.65. The van der Waals surface area contributed by atoms with Crippen LogP contribution in [0.25, 0.3) is 0 Å². The van der Waals surface area contributed by atoms with Gasteiger partial charge in [0, 0.05) is 6.54 Å². The van der Waals surface area contributed by atoms with Gasteiger partial charge < -0.3 is 10.5 Å². The minimum absolute atomic E-state index is 0.250. The van der Waals surface area contributed by atoms with Crippen molar-refractivity contribution in [3.63, 3.8) is 0 Å². The van der Waals surface area contributed by atoms with Crippen molar-refractivity contribution in [3.8, 4) is 11.8 Å². The van der Waals surface area contributed by atoms with Crippen LogP contribution in [-0.4, -0.2) is 9.55 Å². The normalized spacial score (nSPS) is 11.6. The Kier molecular flexibility index (Phi) is 3.37. The first-order valence-electron chi connectivity index (χ1n) is 5.58. The molecule has 0 unspecified atom stereocenters. The number of nitrogens with two attached hydrogens (primary N) is 1. The average Bonchev–Trinajstić information content (AvgIpc) is 2.69. The summed E-state index contributed by atoms with van der Waals surface area (Å²) in [5.74, 6) is 0.706. The maximum absolute atomic E-state index is 12.4. The predicted octanol–water partition coefficient (Wildman–Crippen LogP) is 3.30. The maximum Gasteiger partial charge on any atom is 0.416 e. The average molecular weight is 271 g/mol. The Hall–Kier alpha value is -2.18. The third-order valence-corrected chi connectivity index (χ3v) is 2.56. The van der Waals surface area contributed by atoms with E-state index in [9.17, 15) is 13.2 Å². The number of imidazole rings is 1. The number of aromatic nitrogens is 2. The van der Waals surface area contributed by atoms with Gasteiger partial charge in [0.1, 0.15) is 11.6 Å². The summed E-state index contributed by atoms with van der Waals surface area (Å²) in [6.07, 6.45) is -2.92. The highest BCUT2D eigenvalue weighted by atomic mass is 19.4. The number of hydrogen-bond donors (Lipinski definition) is 1. The quantitative estimate of drug-likeness (QED) is 0.931. The molecule has 2 N–H and O–H groups in total. The lowest BCUT2D eigenvalue weighted by atomic mass is 10.2. The van der Waals surface area contributed by atoms with Gasteiger partial charge in [-0.3, -0.25) is 4.57 Å². The van der Waals surface area contributed by atoms with Crippen LogP contribution >= 0.6 is 0 Å². The molecule has 4 nitrogen and oxygen atoms in total. The summed E-state index contributed by atoms with van der Waals surface area (Å²) in [6.45, 7) is 2.42. The molecule has 0 atom stereocenters. The monoisotopic (exact) mass is 271 g/mol. The predicted molar refractivity (Wildman–Crippen MR) is 63.8 cm³/mol. The lowest BCUT2D eigenvalue weighted by molar-refractivity contribution is -0.137. The Morgan fingerprint density at radius 3 is 2.42 bits per heavy atom. The molecule has 2 aromatic rings. The zero-order valence-electron chi connectivity index (χ0n) is 10.1. The lowest BCUT2D eigenvalue weighted by Crippen LogP contribution is -2.05. The molecule has 0 bridgehead atoms. The molecular weight excluding hydrogens is 259 g/mol. The summed E-state index contributed by atoms with van der Waals surface area (Å²) >= 11 is 0. The number of alkyl halides is 3. The van der Waals surface area contributed by atoms with Crippen molar-refractivity contribution in [1.82, 2.24) is 9.55 Å². The fourth-order valence-corrected chi connectivity index (χ4v) is 1.59. The van der Waals surface area contributed by atoms with Gasteiger partial charge in [-0.05, 0) is 31.2 Å². The van der Waals surface area contributed by atoms with E-state index in [2.05, 4.69) is 4.98 Å². The van der Waals surface area contributed by atoms with Crippen LogP contribution in [-0.2, 0) is 12.7 Å². The van der Waals surface area contributed by atoms with Gasteiger partial charge in [-0.15, -0.1) is 0 Å². The molecule has 0 fully saturated rings. The van der Waals surface area contributed by atoms with Gasteiger partial charge in [-0.2, -0.15) is 13.2 Å². The third kappa shape index (κ3) is 2.81. The maximum atomic E-state index is 12.4. The third-order valence-electron chi connectivity index (χ3n) is 2.56. The van der Waals surface area contributed by atoms with Crippen molar-refractivity contribution < 1.29 is 17.9 Å². The molecular formula is C12H12F3N3O. The molecule has 1 aromatic carbocycles. The number of rotatable bonds is 3. The van der Waals surface area contributed by atoms with Crippen molar-refractivity contribution in [2.24, 2.45) is 0 Å². The van der Waals surface area contributed by atoms with E-state index in [1.807, 2.05) is 6.92 Å². The molecule has 0 aliphatic heterocycles. The Morgan fingerprint density at radius 1 is 1.26 bits per heavy atom. The molecule has 0 radical (unpaired) electrons.